The summed E-state index contributed by atoms with van der Waals surface area (Å²) < 4.78 is 0. The standard InChI is InChI=1S/C48H60N10O6/c1-29(2)41(55-47(63)57(5)27-39-49-33-21-13-14-22-34(33)50-39)45(61)53-37(25-31-17-9-7-10-18-31)43(59)44(60)38(26-32-19-11-8-12-20-32)54-46(62)42(30(3)4)56-48(64)58(6)28-40-51-35-23-15-16-24-36(35)52-40/h7-24,29-30,37-38,41-44,59-60H,25-28H2,1-6H3,(H,49,50)(H,51,52)(H,53,61)(H,54,62)(H,55,63)(H,56,64)/t37-,38-,41-,42-,43+,44+/m0/s1. The summed E-state index contributed by atoms with van der Waals surface area (Å²) in [6.07, 6.45) is -2.99. The Morgan fingerprint density at radius 3 is 1.22 bits per heavy atom. The van der Waals surface area contributed by atoms with Crippen molar-refractivity contribution in [1.29, 1.82) is 0 Å². The summed E-state index contributed by atoms with van der Waals surface area (Å²) in [7, 11) is 3.21. The molecule has 6 rings (SSSR count). The largest absolute Gasteiger partial charge is 0.388 e. The average Bonchev–Trinajstić information content (AvgIpc) is 3.89. The van der Waals surface area contributed by atoms with Gasteiger partial charge in [0.15, 0.2) is 0 Å². The normalized spacial score (nSPS) is 14.3. The number of H-pyrrole nitrogens is 2. The lowest BCUT2D eigenvalue weighted by Crippen LogP contribution is -2.62. The smallest absolute Gasteiger partial charge is 0.318 e. The van der Waals surface area contributed by atoms with E-state index in [-0.39, 0.29) is 37.8 Å². The maximum absolute atomic E-state index is 14.2. The van der Waals surface area contributed by atoms with Crippen LogP contribution < -0.4 is 21.3 Å². The van der Waals surface area contributed by atoms with E-state index in [0.717, 1.165) is 33.2 Å². The Balaban J connectivity index is 1.18. The van der Waals surface area contributed by atoms with Crippen LogP contribution in [0.3, 0.4) is 0 Å². The van der Waals surface area contributed by atoms with Crippen LogP contribution >= 0.6 is 0 Å². The van der Waals surface area contributed by atoms with Gasteiger partial charge in [0.1, 0.15) is 35.9 Å². The maximum atomic E-state index is 14.2. The second kappa shape index (κ2) is 21.5. The van der Waals surface area contributed by atoms with Crippen LogP contribution in [0.1, 0.15) is 50.5 Å². The number of aromatic amines is 2. The Hall–Kier alpha value is -6.78. The Kier molecular flexibility index (Phi) is 15.7. The fourth-order valence-corrected chi connectivity index (χ4v) is 7.58. The molecule has 0 unspecified atom stereocenters. The highest BCUT2D eigenvalue weighted by Crippen LogP contribution is 2.18. The number of nitrogens with one attached hydrogen (secondary N) is 6. The molecule has 0 radical (unpaired) electrons. The Labute approximate surface area is 373 Å². The molecule has 0 aliphatic carbocycles. The number of carbonyl (C=O) groups excluding carboxylic acids is 4. The van der Waals surface area contributed by atoms with E-state index in [2.05, 4.69) is 41.2 Å². The van der Waals surface area contributed by atoms with Gasteiger partial charge in [0.05, 0.1) is 47.2 Å². The van der Waals surface area contributed by atoms with E-state index < -0.39 is 60.3 Å². The number of amides is 6. The first-order chi connectivity index (χ1) is 30.7. The number of hydrogen-bond acceptors (Lipinski definition) is 8. The number of hydrogen-bond donors (Lipinski definition) is 8. The fraction of sp³-hybridized carbons (Fsp3) is 0.375. The zero-order chi connectivity index (χ0) is 45.9. The maximum Gasteiger partial charge on any atom is 0.318 e. The monoisotopic (exact) mass is 872 g/mol. The summed E-state index contributed by atoms with van der Waals surface area (Å²) in [5.74, 6) is -0.704. The summed E-state index contributed by atoms with van der Waals surface area (Å²) in [6.45, 7) is 7.51. The Bertz CT molecular complexity index is 2240. The first-order valence-corrected chi connectivity index (χ1v) is 21.6. The molecule has 338 valence electrons. The second-order valence-corrected chi connectivity index (χ2v) is 17.0. The topological polar surface area (TPSA) is 221 Å². The molecule has 0 saturated carbocycles. The van der Waals surface area contributed by atoms with Crippen LogP contribution in [0, 0.1) is 11.8 Å². The number of benzene rings is 4. The number of aromatic nitrogens is 4. The van der Waals surface area contributed by atoms with Gasteiger partial charge in [0, 0.05) is 14.1 Å². The molecule has 0 bridgehead atoms. The van der Waals surface area contributed by atoms with Gasteiger partial charge in [0.2, 0.25) is 11.8 Å². The summed E-state index contributed by atoms with van der Waals surface area (Å²) in [5.41, 5.74) is 4.76. The van der Waals surface area contributed by atoms with Gasteiger partial charge in [-0.05, 0) is 60.1 Å². The molecule has 2 aromatic heterocycles. The summed E-state index contributed by atoms with van der Waals surface area (Å²) in [6, 6.07) is 28.3. The third-order valence-electron chi connectivity index (χ3n) is 11.2. The molecule has 16 nitrogen and oxygen atoms in total. The molecule has 6 atom stereocenters. The van der Waals surface area contributed by atoms with Crippen molar-refractivity contribution in [1.82, 2.24) is 51.0 Å². The SMILES string of the molecule is CC(C)[C@H](NC(=O)N(C)Cc1nc2ccccc2[nH]1)C(=O)N[C@@H](Cc1ccccc1)[C@@H](O)[C@H](O)[C@H](Cc1ccccc1)NC(=O)[C@@H](NC(=O)N(C)Cc1nc2ccccc2[nH]1)C(C)C. The highest BCUT2D eigenvalue weighted by Gasteiger charge is 2.38. The van der Waals surface area contributed by atoms with Crippen LogP contribution in [0.2, 0.25) is 0 Å². The molecule has 0 spiro atoms. The van der Waals surface area contributed by atoms with Crippen LogP contribution in [0.15, 0.2) is 109 Å². The minimum absolute atomic E-state index is 0.115. The Morgan fingerprint density at radius 2 is 0.875 bits per heavy atom. The van der Waals surface area contributed by atoms with Crippen molar-refractivity contribution in [2.24, 2.45) is 11.8 Å². The van der Waals surface area contributed by atoms with Gasteiger partial charge < -0.3 is 51.2 Å². The first kappa shape index (κ1) is 46.7. The van der Waals surface area contributed by atoms with Crippen LogP contribution in [-0.2, 0) is 35.5 Å². The van der Waals surface area contributed by atoms with Crippen molar-refractivity contribution < 1.29 is 29.4 Å². The van der Waals surface area contributed by atoms with Crippen molar-refractivity contribution in [2.75, 3.05) is 14.1 Å². The van der Waals surface area contributed by atoms with Crippen molar-refractivity contribution in [3.8, 4) is 0 Å². The lowest BCUT2D eigenvalue weighted by atomic mass is 9.90. The first-order valence-electron chi connectivity index (χ1n) is 21.6. The number of urea groups is 2. The quantitative estimate of drug-likeness (QED) is 0.0572. The number of aliphatic hydroxyl groups is 2. The van der Waals surface area contributed by atoms with E-state index in [4.69, 9.17) is 0 Å². The number of para-hydroxylation sites is 4. The van der Waals surface area contributed by atoms with Gasteiger partial charge in [0.25, 0.3) is 0 Å². The molecule has 8 N–H and O–H groups in total. The number of carbonyl (C=O) groups is 4. The van der Waals surface area contributed by atoms with Crippen molar-refractivity contribution >= 4 is 45.9 Å². The van der Waals surface area contributed by atoms with Crippen molar-refractivity contribution in [2.45, 2.75) is 90.0 Å². The van der Waals surface area contributed by atoms with E-state index in [1.165, 1.54) is 9.80 Å². The zero-order valence-corrected chi connectivity index (χ0v) is 37.2. The van der Waals surface area contributed by atoms with E-state index in [9.17, 15) is 29.4 Å². The summed E-state index contributed by atoms with van der Waals surface area (Å²) in [5, 5.41) is 35.8. The molecule has 64 heavy (non-hydrogen) atoms. The summed E-state index contributed by atoms with van der Waals surface area (Å²) in [4.78, 5) is 73.8. The number of aliphatic hydroxyl groups excluding tert-OH is 2. The van der Waals surface area contributed by atoms with Crippen LogP contribution in [-0.4, -0.2) is 114 Å². The van der Waals surface area contributed by atoms with Crippen LogP contribution in [0.5, 0.6) is 0 Å². The molecule has 6 amide bonds. The minimum Gasteiger partial charge on any atom is -0.388 e. The van der Waals surface area contributed by atoms with E-state index in [1.54, 1.807) is 41.8 Å². The zero-order valence-electron chi connectivity index (χ0n) is 37.2. The molecular formula is C48H60N10O6. The molecule has 4 aromatic carbocycles. The fourth-order valence-electron chi connectivity index (χ4n) is 7.58. The number of nitrogens with zero attached hydrogens (tertiary/aromatic N) is 4. The van der Waals surface area contributed by atoms with Crippen molar-refractivity contribution in [3.63, 3.8) is 0 Å². The second-order valence-electron chi connectivity index (χ2n) is 17.0. The average molecular weight is 873 g/mol. The lowest BCUT2D eigenvalue weighted by molar-refractivity contribution is -0.129. The van der Waals surface area contributed by atoms with Gasteiger partial charge in [-0.1, -0.05) is 113 Å². The van der Waals surface area contributed by atoms with Gasteiger partial charge in [-0.25, -0.2) is 19.6 Å². The minimum atomic E-state index is -1.61. The van der Waals surface area contributed by atoms with E-state index in [1.807, 2.05) is 109 Å². The van der Waals surface area contributed by atoms with Gasteiger partial charge >= 0.3 is 12.1 Å². The van der Waals surface area contributed by atoms with Crippen LogP contribution in [0.4, 0.5) is 9.59 Å². The third kappa shape index (κ3) is 12.2. The molecule has 16 heteroatoms. The molecule has 2 heterocycles. The molecule has 0 fully saturated rings. The molecule has 0 saturated heterocycles. The number of imidazole rings is 2. The van der Waals surface area contributed by atoms with Crippen molar-refractivity contribution in [3.05, 3.63) is 132 Å². The Morgan fingerprint density at radius 1 is 0.531 bits per heavy atom. The van der Waals surface area contributed by atoms with E-state index in [0.29, 0.717) is 11.6 Å². The van der Waals surface area contributed by atoms with Crippen LogP contribution in [0.25, 0.3) is 22.1 Å². The third-order valence-corrected chi connectivity index (χ3v) is 11.2. The predicted molar refractivity (Wildman–Crippen MR) is 246 cm³/mol. The summed E-state index contributed by atoms with van der Waals surface area (Å²) >= 11 is 0. The number of fused-ring (bicyclic) bond motifs is 2. The highest BCUT2D eigenvalue weighted by molar-refractivity contribution is 5.88. The predicted octanol–water partition coefficient (Wildman–Crippen LogP) is 4.65. The molecule has 0 aliphatic rings. The van der Waals surface area contributed by atoms with Gasteiger partial charge in [-0.15, -0.1) is 0 Å². The molecule has 6 aromatic rings. The number of rotatable bonds is 19. The van der Waals surface area contributed by atoms with Gasteiger partial charge in [-0.2, -0.15) is 0 Å². The lowest BCUT2D eigenvalue weighted by Gasteiger charge is -2.35. The highest BCUT2D eigenvalue weighted by atomic mass is 16.3. The molecule has 0 aliphatic heterocycles. The van der Waals surface area contributed by atoms with Gasteiger partial charge in [-0.3, -0.25) is 9.59 Å². The van der Waals surface area contributed by atoms with E-state index >= 15 is 0 Å². The molecular weight excluding hydrogens is 813 g/mol.